The molecule has 1 amide bonds. The minimum Gasteiger partial charge on any atom is -0.348 e. The van der Waals surface area contributed by atoms with E-state index in [2.05, 4.69) is 15.3 Å². The minimum absolute atomic E-state index is 0.00807. The summed E-state index contributed by atoms with van der Waals surface area (Å²) in [6.07, 6.45) is -5.75. The van der Waals surface area contributed by atoms with E-state index in [1.807, 2.05) is 0 Å². The monoisotopic (exact) mass is 418 g/mol. The lowest BCUT2D eigenvalue weighted by molar-refractivity contribution is -0.143. The first kappa shape index (κ1) is 20.9. The summed E-state index contributed by atoms with van der Waals surface area (Å²) in [6.45, 7) is 0.916. The van der Waals surface area contributed by atoms with Crippen molar-refractivity contribution < 1.29 is 31.1 Å². The number of carbonyl (C=O) groups excluding carboxylic acids is 1. The Morgan fingerprint density at radius 3 is 2.14 bits per heavy atom. The van der Waals surface area contributed by atoms with E-state index in [4.69, 9.17) is 0 Å². The molecule has 2 aromatic rings. The van der Waals surface area contributed by atoms with Gasteiger partial charge in [-0.2, -0.15) is 26.3 Å². The van der Waals surface area contributed by atoms with Gasteiger partial charge in [0.15, 0.2) is 0 Å². The quantitative estimate of drug-likeness (QED) is 0.768. The summed E-state index contributed by atoms with van der Waals surface area (Å²) < 4.78 is 77.9. The first-order chi connectivity index (χ1) is 13.5. The zero-order valence-electron chi connectivity index (χ0n) is 14.9. The van der Waals surface area contributed by atoms with Gasteiger partial charge in [0, 0.05) is 37.1 Å². The Kier molecular flexibility index (Phi) is 5.67. The van der Waals surface area contributed by atoms with Gasteiger partial charge in [-0.25, -0.2) is 9.97 Å². The molecule has 29 heavy (non-hydrogen) atoms. The van der Waals surface area contributed by atoms with Crippen molar-refractivity contribution in [3.63, 3.8) is 0 Å². The average Bonchev–Trinajstić information content (AvgIpc) is 2.67. The topological polar surface area (TPSA) is 58.1 Å². The lowest BCUT2D eigenvalue weighted by Gasteiger charge is -2.33. The second kappa shape index (κ2) is 7.88. The van der Waals surface area contributed by atoms with E-state index in [1.54, 1.807) is 23.4 Å². The highest BCUT2D eigenvalue weighted by Crippen LogP contribution is 2.36. The molecule has 11 heteroatoms. The number of amides is 1. The molecule has 0 saturated carbocycles. The Morgan fingerprint density at radius 1 is 1.00 bits per heavy atom. The molecule has 1 saturated heterocycles. The van der Waals surface area contributed by atoms with E-state index >= 15 is 0 Å². The number of nitrogens with zero attached hydrogens (tertiary/aromatic N) is 3. The van der Waals surface area contributed by atoms with Gasteiger partial charge < -0.3 is 10.2 Å². The third-order valence-corrected chi connectivity index (χ3v) is 4.44. The molecule has 1 atom stereocenters. The first-order valence-electron chi connectivity index (χ1n) is 8.66. The van der Waals surface area contributed by atoms with Crippen molar-refractivity contribution in [2.75, 3.05) is 18.0 Å². The number of benzene rings is 1. The smallest absolute Gasteiger partial charge is 0.348 e. The molecule has 0 spiro atoms. The third-order valence-electron chi connectivity index (χ3n) is 4.44. The lowest BCUT2D eigenvalue weighted by atomic mass is 10.0. The van der Waals surface area contributed by atoms with Crippen LogP contribution in [-0.2, 0) is 12.4 Å². The van der Waals surface area contributed by atoms with Crippen LogP contribution in [0.5, 0.6) is 0 Å². The van der Waals surface area contributed by atoms with Gasteiger partial charge >= 0.3 is 12.4 Å². The molecule has 0 radical (unpaired) electrons. The standard InChI is InChI=1S/C18H16F6N4O/c19-17(20,21)12-7-11(8-13(9-12)18(22,23)24)15(29)27-14-3-1-6-28(10-14)16-25-4-2-5-26-16/h2,4-5,7-9,14H,1,3,6,10H2,(H,27,29)/t14-/m0/s1. The number of rotatable bonds is 3. The Labute approximate surface area is 161 Å². The van der Waals surface area contributed by atoms with Crippen LogP contribution in [0, 0.1) is 0 Å². The Balaban J connectivity index is 1.79. The van der Waals surface area contributed by atoms with Crippen molar-refractivity contribution in [1.29, 1.82) is 0 Å². The second-order valence-corrected chi connectivity index (χ2v) is 6.60. The Morgan fingerprint density at radius 2 is 1.59 bits per heavy atom. The van der Waals surface area contributed by atoms with Crippen molar-refractivity contribution in [1.82, 2.24) is 15.3 Å². The van der Waals surface area contributed by atoms with Crippen molar-refractivity contribution >= 4 is 11.9 Å². The third kappa shape index (κ3) is 5.15. The SMILES string of the molecule is O=C(N[C@H]1CCCN(c2ncccn2)C1)c1cc(C(F)(F)F)cc(C(F)(F)F)c1. The van der Waals surface area contributed by atoms with Crippen LogP contribution in [0.3, 0.4) is 0 Å². The zero-order valence-corrected chi connectivity index (χ0v) is 14.9. The number of hydrogen-bond donors (Lipinski definition) is 1. The van der Waals surface area contributed by atoms with Gasteiger partial charge in [-0.3, -0.25) is 4.79 Å². The number of aromatic nitrogens is 2. The molecule has 156 valence electrons. The van der Waals surface area contributed by atoms with Gasteiger partial charge in [0.05, 0.1) is 11.1 Å². The number of halogens is 6. The molecule has 1 fully saturated rings. The Bertz CT molecular complexity index is 837. The number of piperidine rings is 1. The highest BCUT2D eigenvalue weighted by molar-refractivity contribution is 5.95. The van der Waals surface area contributed by atoms with Gasteiger partial charge in [-0.1, -0.05) is 0 Å². The van der Waals surface area contributed by atoms with Crippen LogP contribution in [0.15, 0.2) is 36.7 Å². The van der Waals surface area contributed by atoms with Crippen LogP contribution in [0.4, 0.5) is 32.3 Å². The lowest BCUT2D eigenvalue weighted by Crippen LogP contribution is -2.48. The van der Waals surface area contributed by atoms with Crippen LogP contribution in [-0.4, -0.2) is 35.0 Å². The van der Waals surface area contributed by atoms with Crippen molar-refractivity contribution in [3.8, 4) is 0 Å². The molecule has 5 nitrogen and oxygen atoms in total. The molecular formula is C18H16F6N4O. The second-order valence-electron chi connectivity index (χ2n) is 6.60. The number of nitrogens with one attached hydrogen (secondary N) is 1. The largest absolute Gasteiger partial charge is 0.416 e. The summed E-state index contributed by atoms with van der Waals surface area (Å²) in [5.74, 6) is -0.563. The minimum atomic E-state index is -5.01. The van der Waals surface area contributed by atoms with E-state index in [9.17, 15) is 31.1 Å². The molecule has 3 rings (SSSR count). The van der Waals surface area contributed by atoms with E-state index in [0.29, 0.717) is 44.0 Å². The first-order valence-corrected chi connectivity index (χ1v) is 8.66. The predicted octanol–water partition coefficient (Wildman–Crippen LogP) is 3.91. The molecule has 1 aliphatic rings. The van der Waals surface area contributed by atoms with E-state index in [0.717, 1.165) is 0 Å². The maximum Gasteiger partial charge on any atom is 0.416 e. The fraction of sp³-hybridized carbons (Fsp3) is 0.389. The van der Waals surface area contributed by atoms with Gasteiger partial charge in [0.1, 0.15) is 0 Å². The van der Waals surface area contributed by atoms with E-state index < -0.39 is 41.0 Å². The number of hydrogen-bond acceptors (Lipinski definition) is 4. The molecule has 2 heterocycles. The summed E-state index contributed by atoms with van der Waals surface area (Å²) in [6, 6.07) is 2.01. The molecule has 1 aromatic heterocycles. The summed E-state index contributed by atoms with van der Waals surface area (Å²) >= 11 is 0. The van der Waals surface area contributed by atoms with Crippen LogP contribution >= 0.6 is 0 Å². The average molecular weight is 418 g/mol. The fourth-order valence-electron chi connectivity index (χ4n) is 3.09. The summed E-state index contributed by atoms with van der Waals surface area (Å²) in [5.41, 5.74) is -3.75. The van der Waals surface area contributed by atoms with Crippen LogP contribution in [0.2, 0.25) is 0 Å². The predicted molar refractivity (Wildman–Crippen MR) is 91.2 cm³/mol. The van der Waals surface area contributed by atoms with Crippen molar-refractivity contribution in [3.05, 3.63) is 53.3 Å². The summed E-state index contributed by atoms with van der Waals surface area (Å²) in [4.78, 5) is 22.4. The van der Waals surface area contributed by atoms with Gasteiger partial charge in [-0.15, -0.1) is 0 Å². The van der Waals surface area contributed by atoms with Gasteiger partial charge in [0.2, 0.25) is 5.95 Å². The van der Waals surface area contributed by atoms with Crippen molar-refractivity contribution in [2.45, 2.75) is 31.2 Å². The van der Waals surface area contributed by atoms with Crippen LogP contribution in [0.25, 0.3) is 0 Å². The summed E-state index contributed by atoms with van der Waals surface area (Å²) in [5, 5.41) is 2.52. The van der Waals surface area contributed by atoms with Gasteiger partial charge in [0.25, 0.3) is 5.91 Å². The molecule has 0 aliphatic carbocycles. The van der Waals surface area contributed by atoms with Crippen LogP contribution in [0.1, 0.15) is 34.3 Å². The molecule has 0 bridgehead atoms. The number of alkyl halides is 6. The zero-order chi connectivity index (χ0) is 21.2. The highest BCUT2D eigenvalue weighted by Gasteiger charge is 2.37. The normalized spacial score (nSPS) is 17.9. The molecule has 1 N–H and O–H groups in total. The van der Waals surface area contributed by atoms with Crippen LogP contribution < -0.4 is 10.2 Å². The summed E-state index contributed by atoms with van der Waals surface area (Å²) in [7, 11) is 0. The fourth-order valence-corrected chi connectivity index (χ4v) is 3.09. The number of anilines is 1. The number of carbonyl (C=O) groups is 1. The Hall–Kier alpha value is -2.85. The maximum atomic E-state index is 13.0. The molecule has 1 aromatic carbocycles. The maximum absolute atomic E-state index is 13.0. The van der Waals surface area contributed by atoms with E-state index in [1.165, 1.54) is 0 Å². The van der Waals surface area contributed by atoms with Crippen molar-refractivity contribution in [2.24, 2.45) is 0 Å². The molecule has 1 aliphatic heterocycles. The van der Waals surface area contributed by atoms with Gasteiger partial charge in [-0.05, 0) is 37.1 Å². The molecular weight excluding hydrogens is 402 g/mol. The highest BCUT2D eigenvalue weighted by atomic mass is 19.4. The molecule has 0 unspecified atom stereocenters. The van der Waals surface area contributed by atoms with E-state index in [-0.39, 0.29) is 6.07 Å².